The van der Waals surface area contributed by atoms with Crippen LogP contribution in [-0.2, 0) is 47.5 Å². The first-order valence-electron chi connectivity index (χ1n) is 29.8. The van der Waals surface area contributed by atoms with Gasteiger partial charge in [0.1, 0.15) is 67.7 Å². The molecule has 0 bridgehead atoms. The van der Waals surface area contributed by atoms with Crippen molar-refractivity contribution < 1.29 is 103 Å². The first-order valence-corrected chi connectivity index (χ1v) is 30.8. The number of aliphatic hydroxyl groups is 10. The van der Waals surface area contributed by atoms with Crippen molar-refractivity contribution in [1.29, 1.82) is 0 Å². The zero-order valence-electron chi connectivity index (χ0n) is 54.5. The fourth-order valence-electron chi connectivity index (χ4n) is 15.2. The molecule has 85 heavy (non-hydrogen) atoms. The Labute approximate surface area is 506 Å². The molecule has 21 atom stereocenters. The van der Waals surface area contributed by atoms with Crippen molar-refractivity contribution in [3.05, 3.63) is 0 Å². The minimum Gasteiger partial charge on any atom is -0.430 e. The maximum absolute atomic E-state index is 13.5. The third kappa shape index (κ3) is 10.6. The van der Waals surface area contributed by atoms with E-state index in [2.05, 4.69) is 16.0 Å². The number of rotatable bonds is 21. The lowest BCUT2D eigenvalue weighted by Gasteiger charge is -2.68. The van der Waals surface area contributed by atoms with Gasteiger partial charge in [-0.15, -0.1) is 0 Å². The van der Waals surface area contributed by atoms with E-state index in [1.165, 1.54) is 76.2 Å². The molecule has 24 nitrogen and oxygen atoms in total. The third-order valence-corrected chi connectivity index (χ3v) is 25.3. The van der Waals surface area contributed by atoms with E-state index in [0.717, 1.165) is 12.2 Å². The van der Waals surface area contributed by atoms with Gasteiger partial charge in [0.05, 0.1) is 98.6 Å². The van der Waals surface area contributed by atoms with Crippen LogP contribution in [0.15, 0.2) is 0 Å². The summed E-state index contributed by atoms with van der Waals surface area (Å²) in [5.41, 5.74) is -30.9. The molecule has 6 fully saturated rings. The summed E-state index contributed by atoms with van der Waals surface area (Å²) in [5.74, 6) is -2.39. The molecule has 6 aliphatic rings. The van der Waals surface area contributed by atoms with Crippen LogP contribution in [0.4, 0.5) is 4.79 Å². The quantitative estimate of drug-likeness (QED) is 0.0441. The Bertz CT molecular complexity index is 2500. The lowest BCUT2D eigenvalue weighted by molar-refractivity contribution is -0.412. The Hall–Kier alpha value is -2.12. The molecule has 7 unspecified atom stereocenters. The van der Waals surface area contributed by atoms with Gasteiger partial charge in [-0.3, -0.25) is 9.59 Å². The van der Waals surface area contributed by atoms with Crippen molar-refractivity contribution in [1.82, 2.24) is 16.0 Å². The van der Waals surface area contributed by atoms with Crippen LogP contribution in [0.5, 0.6) is 0 Å². The predicted octanol–water partition coefficient (Wildman–Crippen LogP) is 1.62. The molecule has 0 aliphatic carbocycles. The van der Waals surface area contributed by atoms with Crippen LogP contribution in [-0.4, -0.2) is 241 Å². The Morgan fingerprint density at radius 1 is 0.576 bits per heavy atom. The molecule has 25 heteroatoms. The highest BCUT2D eigenvalue weighted by Crippen LogP contribution is 2.61. The maximum atomic E-state index is 13.5. The highest BCUT2D eigenvalue weighted by molar-refractivity contribution is 8.00. The summed E-state index contributed by atoms with van der Waals surface area (Å²) >= 11 is 1.78. The third-order valence-electron chi connectivity index (χ3n) is 23.8. The van der Waals surface area contributed by atoms with E-state index in [9.17, 15) is 65.4 Å². The predicted molar refractivity (Wildman–Crippen MR) is 312 cm³/mol. The van der Waals surface area contributed by atoms with Crippen molar-refractivity contribution in [2.75, 3.05) is 58.6 Å². The number of carbonyl (C=O) groups is 3. The zero-order valence-corrected chi connectivity index (χ0v) is 55.3. The van der Waals surface area contributed by atoms with Gasteiger partial charge in [-0.25, -0.2) is 4.79 Å². The molecular formula is C60H107N3O21S. The van der Waals surface area contributed by atoms with E-state index in [1.54, 1.807) is 81.0 Å². The monoisotopic (exact) mass is 1240 g/mol. The van der Waals surface area contributed by atoms with Crippen LogP contribution in [0.2, 0.25) is 0 Å². The first-order chi connectivity index (χ1) is 38.1. The molecule has 0 aromatic rings. The number of hydrogen-bond acceptors (Lipinski definition) is 22. The molecule has 3 amide bonds. The van der Waals surface area contributed by atoms with Gasteiger partial charge in [0.2, 0.25) is 11.7 Å². The van der Waals surface area contributed by atoms with Gasteiger partial charge in [-0.05, 0) is 124 Å². The van der Waals surface area contributed by atoms with Gasteiger partial charge in [-0.1, -0.05) is 27.2 Å². The number of ether oxygens (including phenoxy) is 8. The van der Waals surface area contributed by atoms with Crippen molar-refractivity contribution in [3.63, 3.8) is 0 Å². The van der Waals surface area contributed by atoms with Crippen LogP contribution in [0.1, 0.15) is 171 Å². The molecule has 0 aromatic heterocycles. The van der Waals surface area contributed by atoms with E-state index >= 15 is 0 Å². The van der Waals surface area contributed by atoms with Crippen LogP contribution >= 0.6 is 11.8 Å². The molecule has 6 aliphatic heterocycles. The lowest BCUT2D eigenvalue weighted by Crippen LogP contribution is -2.84. The van der Waals surface area contributed by atoms with Gasteiger partial charge in [-0.2, -0.15) is 11.8 Å². The van der Waals surface area contributed by atoms with Crippen LogP contribution in [0.25, 0.3) is 0 Å². The summed E-state index contributed by atoms with van der Waals surface area (Å²) in [6.07, 6.45) is -1.48. The molecular weight excluding hydrogens is 1130 g/mol. The van der Waals surface area contributed by atoms with Gasteiger partial charge < -0.3 is 105 Å². The topological polar surface area (TPSA) is 363 Å². The zero-order chi connectivity index (χ0) is 65.3. The Kier molecular flexibility index (Phi) is 18.9. The summed E-state index contributed by atoms with van der Waals surface area (Å²) in [6.45, 7) is 27.4. The minimum absolute atomic E-state index is 0.0112. The number of esters is 1. The van der Waals surface area contributed by atoms with Crippen molar-refractivity contribution >= 4 is 29.7 Å². The summed E-state index contributed by atoms with van der Waals surface area (Å²) in [6, 6.07) is -0.0678. The van der Waals surface area contributed by atoms with Gasteiger partial charge in [0.15, 0.2) is 0 Å². The summed E-state index contributed by atoms with van der Waals surface area (Å²) < 4.78 is 52.0. The second-order valence-electron chi connectivity index (χ2n) is 30.0. The highest BCUT2D eigenvalue weighted by Gasteiger charge is 2.77. The largest absolute Gasteiger partial charge is 0.430 e. The summed E-state index contributed by atoms with van der Waals surface area (Å²) in [5, 5.41) is 129. The molecule has 6 rings (SSSR count). The highest BCUT2D eigenvalue weighted by atomic mass is 32.2. The molecule has 6 saturated heterocycles. The van der Waals surface area contributed by atoms with E-state index in [4.69, 9.17) is 37.9 Å². The minimum atomic E-state index is -2.20. The Morgan fingerprint density at radius 2 is 1.11 bits per heavy atom. The second-order valence-corrected chi connectivity index (χ2v) is 31.3. The standard InChI is InChI=1S/C60H107N3O21S/c1-35(66)63-55(16)45(6,29-77-32-50(11)48(9,57(18,73)58(19,74)49(10,28-65)84-50)31-79-34-52(13)59(20,75)60(21,76)56(17,72)44(4,5)81-52)40(68)46(7,27-64)83-51(55,12)33-78-30-47(8)43(2,3)82-54(15,41(69)53(47,14)71)80-38(67)25-23-22-24-37-39-36(26-85-37)61-42(70)62-39/h36-37,39-41,64-65,68-69,71-76H,22-34H2,1-21H3,(H,63,66)(H2,61,62,70)/t36-,37?,39-,40+,41?,45+,46?,47+,48?,49?,50-,51+,52-,53+,54-,55?,56+,57-,58-,59?,60-/m0/s1. The van der Waals surface area contributed by atoms with E-state index in [1.807, 2.05) is 0 Å². The molecule has 494 valence electrons. The molecule has 0 radical (unpaired) electrons. The van der Waals surface area contributed by atoms with Crippen molar-refractivity contribution in [3.8, 4) is 0 Å². The fraction of sp³-hybridized carbons (Fsp3) is 0.950. The number of carbonyl (C=O) groups excluding carboxylic acids is 3. The van der Waals surface area contributed by atoms with Crippen LogP contribution in [0.3, 0.4) is 0 Å². The van der Waals surface area contributed by atoms with E-state index in [0.29, 0.717) is 12.8 Å². The summed E-state index contributed by atoms with van der Waals surface area (Å²) in [4.78, 5) is 38.8. The average Bonchev–Trinajstić information content (AvgIpc) is 1.04. The first kappa shape index (κ1) is 71.9. The fourth-order valence-corrected chi connectivity index (χ4v) is 16.7. The van der Waals surface area contributed by atoms with Gasteiger partial charge >= 0.3 is 12.0 Å². The van der Waals surface area contributed by atoms with Crippen molar-refractivity contribution in [2.24, 2.45) is 16.2 Å². The number of fused-ring (bicyclic) bond motifs is 1. The SMILES string of the molecule is CC(=O)NC1(C)[C@@](C)(COC[C@]2(C)C(C)(C)O[C@](C)(OC(=O)CCCCC3SC[C@@H]4NC(=O)N[C@H]34)C(O)[C@@]2(C)O)OC(C)(CO)[C@H](O)[C@@]1(C)COC[C@]1(C)OC(C)(CO)[C@](C)(O)[C@@](C)(O)C1(C)COC[C@]1(C)OC(C)(C)[C@@](C)(O)[C@](C)(O)C1(C)O. The Balaban J connectivity index is 1.24. The molecule has 6 heterocycles. The lowest BCUT2D eigenvalue weighted by atomic mass is 9.52. The van der Waals surface area contributed by atoms with E-state index < -0.39 is 171 Å². The number of nitrogens with one attached hydrogen (secondary N) is 3. The number of urea groups is 1. The normalized spacial score (nSPS) is 51.1. The molecule has 0 spiro atoms. The molecule has 0 aromatic carbocycles. The smallest absolute Gasteiger partial charge is 0.315 e. The number of aliphatic hydroxyl groups excluding tert-OH is 4. The summed E-state index contributed by atoms with van der Waals surface area (Å²) in [7, 11) is 0. The number of amides is 3. The number of thioether (sulfide) groups is 1. The van der Waals surface area contributed by atoms with Crippen LogP contribution in [0, 0.1) is 16.2 Å². The van der Waals surface area contributed by atoms with Crippen LogP contribution < -0.4 is 16.0 Å². The van der Waals surface area contributed by atoms with Gasteiger partial charge in [0, 0.05) is 36.7 Å². The number of hydrogen-bond donors (Lipinski definition) is 13. The number of unbranched alkanes of at least 4 members (excludes halogenated alkanes) is 1. The van der Waals surface area contributed by atoms with E-state index in [-0.39, 0.29) is 36.4 Å². The average molecular weight is 1240 g/mol. The maximum Gasteiger partial charge on any atom is 0.315 e. The Morgan fingerprint density at radius 3 is 1.66 bits per heavy atom. The van der Waals surface area contributed by atoms with Gasteiger partial charge in [0.25, 0.3) is 0 Å². The second kappa shape index (κ2) is 22.3. The van der Waals surface area contributed by atoms with Crippen molar-refractivity contribution in [2.45, 2.75) is 285 Å². The molecule has 0 saturated carbocycles. The molecule has 13 N–H and O–H groups in total.